The van der Waals surface area contributed by atoms with E-state index in [4.69, 9.17) is 9.84 Å². The van der Waals surface area contributed by atoms with E-state index in [1.54, 1.807) is 20.8 Å². The Kier molecular flexibility index (Phi) is 8.38. The highest BCUT2D eigenvalue weighted by molar-refractivity contribution is 5.92. The second-order valence-electron chi connectivity index (χ2n) is 7.24. The summed E-state index contributed by atoms with van der Waals surface area (Å²) in [5.41, 5.74) is -1.84. The fourth-order valence-electron chi connectivity index (χ4n) is 1.66. The van der Waals surface area contributed by atoms with Gasteiger partial charge in [0.25, 0.3) is 0 Å². The number of hydrogen-bond acceptors (Lipinski definition) is 5. The summed E-state index contributed by atoms with van der Waals surface area (Å²) in [6, 6.07) is -1.05. The Balaban J connectivity index is 4.21. The van der Waals surface area contributed by atoms with Crippen molar-refractivity contribution in [1.29, 1.82) is 0 Å². The lowest BCUT2D eigenvalue weighted by Gasteiger charge is -2.26. The highest BCUT2D eigenvalue weighted by Gasteiger charge is 2.31. The van der Waals surface area contributed by atoms with Crippen LogP contribution < -0.4 is 16.0 Å². The fraction of sp³-hybridized carbons (Fsp3) is 0.750. The molecule has 0 aromatic heterocycles. The number of carbonyl (C=O) groups is 4. The van der Waals surface area contributed by atoms with E-state index in [1.807, 2.05) is 0 Å². The van der Waals surface area contributed by atoms with Crippen molar-refractivity contribution >= 4 is 23.9 Å². The van der Waals surface area contributed by atoms with Gasteiger partial charge in [-0.3, -0.25) is 14.4 Å². The molecule has 144 valence electrons. The summed E-state index contributed by atoms with van der Waals surface area (Å²) >= 11 is 0. The van der Waals surface area contributed by atoms with Gasteiger partial charge in [-0.25, -0.2) is 4.79 Å². The summed E-state index contributed by atoms with van der Waals surface area (Å²) in [5, 5.41) is 16.2. The summed E-state index contributed by atoms with van der Waals surface area (Å²) in [6.07, 6.45) is -0.0924. The van der Waals surface area contributed by atoms with Crippen molar-refractivity contribution in [2.45, 2.75) is 71.6 Å². The first-order valence-corrected chi connectivity index (χ1v) is 8.06. The number of carboxylic acids is 1. The number of alkyl carbamates (subject to hydrolysis) is 1. The quantitative estimate of drug-likeness (QED) is 0.473. The maximum Gasteiger partial charge on any atom is 0.407 e. The van der Waals surface area contributed by atoms with Crippen LogP contribution in [0.25, 0.3) is 0 Å². The predicted molar refractivity (Wildman–Crippen MR) is 90.9 cm³/mol. The molecule has 3 amide bonds. The molecule has 0 heterocycles. The molecule has 0 unspecified atom stereocenters. The van der Waals surface area contributed by atoms with E-state index in [1.165, 1.54) is 20.8 Å². The highest BCUT2D eigenvalue weighted by atomic mass is 16.6. The van der Waals surface area contributed by atoms with Gasteiger partial charge in [-0.1, -0.05) is 0 Å². The van der Waals surface area contributed by atoms with Crippen molar-refractivity contribution in [3.05, 3.63) is 0 Å². The van der Waals surface area contributed by atoms with Crippen LogP contribution in [-0.4, -0.2) is 52.7 Å². The molecule has 0 aromatic carbocycles. The number of nitrogens with one attached hydrogen (secondary N) is 3. The van der Waals surface area contributed by atoms with Crippen molar-refractivity contribution < 1.29 is 29.0 Å². The second-order valence-corrected chi connectivity index (χ2v) is 7.24. The minimum absolute atomic E-state index is 0.0982. The van der Waals surface area contributed by atoms with Crippen LogP contribution in [-0.2, 0) is 19.1 Å². The van der Waals surface area contributed by atoms with Gasteiger partial charge in [-0.2, -0.15) is 0 Å². The van der Waals surface area contributed by atoms with Crippen molar-refractivity contribution in [2.24, 2.45) is 0 Å². The topological polar surface area (TPSA) is 134 Å². The van der Waals surface area contributed by atoms with Gasteiger partial charge in [0.05, 0.1) is 0 Å². The van der Waals surface area contributed by atoms with Gasteiger partial charge in [0.1, 0.15) is 17.2 Å². The first-order valence-electron chi connectivity index (χ1n) is 8.06. The Labute approximate surface area is 147 Å². The molecule has 0 saturated carbocycles. The normalized spacial score (nSPS) is 12.7. The molecular weight excluding hydrogens is 330 g/mol. The number of aliphatic carboxylic acids is 1. The van der Waals surface area contributed by atoms with E-state index in [0.29, 0.717) is 6.42 Å². The molecule has 0 fully saturated rings. The Hall–Kier alpha value is -2.32. The average Bonchev–Trinajstić information content (AvgIpc) is 2.40. The van der Waals surface area contributed by atoms with Crippen LogP contribution in [0, 0.1) is 0 Å². The van der Waals surface area contributed by atoms with E-state index in [2.05, 4.69) is 16.0 Å². The van der Waals surface area contributed by atoms with Crippen LogP contribution in [0.1, 0.15) is 54.4 Å². The first kappa shape index (κ1) is 22.7. The minimum atomic E-state index is -1.25. The third kappa shape index (κ3) is 10.2. The van der Waals surface area contributed by atoms with Crippen LogP contribution >= 0.6 is 0 Å². The number of rotatable bonds is 8. The predicted octanol–water partition coefficient (Wildman–Crippen LogP) is 0.775. The maximum atomic E-state index is 12.0. The standard InChI is InChI=1S/C16H29N3O6/c1-10(12(21)22)18-13(23)16(5,6)19-11(20)8-7-9-17-14(24)25-15(2,3)4/h10H,7-9H2,1-6H3,(H,17,24)(H,18,23)(H,19,20)(H,21,22)/t10-/m0/s1. The first-order chi connectivity index (χ1) is 11.2. The second kappa shape index (κ2) is 9.24. The van der Waals surface area contributed by atoms with E-state index in [9.17, 15) is 19.2 Å². The van der Waals surface area contributed by atoms with Crippen LogP contribution in [0.3, 0.4) is 0 Å². The molecule has 0 aliphatic rings. The molecule has 9 nitrogen and oxygen atoms in total. The third-order valence-corrected chi connectivity index (χ3v) is 2.99. The molecule has 0 bridgehead atoms. The van der Waals surface area contributed by atoms with Gasteiger partial charge < -0.3 is 25.8 Å². The van der Waals surface area contributed by atoms with Gasteiger partial charge in [0.2, 0.25) is 11.8 Å². The van der Waals surface area contributed by atoms with E-state index < -0.39 is 35.2 Å². The van der Waals surface area contributed by atoms with Crippen LogP contribution in [0.5, 0.6) is 0 Å². The SMILES string of the molecule is C[C@H](NC(=O)C(C)(C)NC(=O)CCCNC(=O)OC(C)(C)C)C(=O)O. The molecule has 0 radical (unpaired) electrons. The van der Waals surface area contributed by atoms with E-state index in [-0.39, 0.29) is 18.9 Å². The number of amides is 3. The molecule has 0 rings (SSSR count). The fourth-order valence-corrected chi connectivity index (χ4v) is 1.66. The van der Waals surface area contributed by atoms with Crippen molar-refractivity contribution in [3.8, 4) is 0 Å². The summed E-state index contributed by atoms with van der Waals surface area (Å²) in [4.78, 5) is 46.1. The smallest absolute Gasteiger partial charge is 0.407 e. The number of hydrogen-bond donors (Lipinski definition) is 4. The van der Waals surface area contributed by atoms with Crippen LogP contribution in [0.2, 0.25) is 0 Å². The number of carboxylic acid groups (broad SMARTS) is 1. The van der Waals surface area contributed by atoms with E-state index >= 15 is 0 Å². The van der Waals surface area contributed by atoms with Gasteiger partial charge in [0.15, 0.2) is 0 Å². The Morgan fingerprint density at radius 2 is 1.64 bits per heavy atom. The molecule has 0 aromatic rings. The minimum Gasteiger partial charge on any atom is -0.480 e. The summed E-state index contributed by atoms with van der Waals surface area (Å²) in [6.45, 7) is 9.79. The van der Waals surface area contributed by atoms with Crippen molar-refractivity contribution in [2.75, 3.05) is 6.54 Å². The number of carbonyl (C=O) groups excluding carboxylic acids is 3. The lowest BCUT2D eigenvalue weighted by molar-refractivity contribution is -0.142. The molecule has 4 N–H and O–H groups in total. The van der Waals surface area contributed by atoms with Crippen molar-refractivity contribution in [3.63, 3.8) is 0 Å². The van der Waals surface area contributed by atoms with Crippen LogP contribution in [0.4, 0.5) is 4.79 Å². The summed E-state index contributed by atoms with van der Waals surface area (Å²) in [7, 11) is 0. The molecule has 0 aliphatic carbocycles. The molecule has 0 saturated heterocycles. The monoisotopic (exact) mass is 359 g/mol. The molecule has 25 heavy (non-hydrogen) atoms. The summed E-state index contributed by atoms with van der Waals surface area (Å²) < 4.78 is 5.06. The van der Waals surface area contributed by atoms with Gasteiger partial charge in [-0.05, 0) is 48.0 Å². The third-order valence-electron chi connectivity index (χ3n) is 2.99. The molecule has 9 heteroatoms. The Morgan fingerprint density at radius 3 is 2.12 bits per heavy atom. The zero-order chi connectivity index (χ0) is 19.8. The maximum absolute atomic E-state index is 12.0. The Bertz CT molecular complexity index is 510. The molecule has 0 aliphatic heterocycles. The number of ether oxygens (including phenoxy) is 1. The van der Waals surface area contributed by atoms with Crippen molar-refractivity contribution in [1.82, 2.24) is 16.0 Å². The lowest BCUT2D eigenvalue weighted by atomic mass is 10.0. The average molecular weight is 359 g/mol. The molecular formula is C16H29N3O6. The Morgan fingerprint density at radius 1 is 1.08 bits per heavy atom. The highest BCUT2D eigenvalue weighted by Crippen LogP contribution is 2.07. The van der Waals surface area contributed by atoms with E-state index in [0.717, 1.165) is 0 Å². The largest absolute Gasteiger partial charge is 0.480 e. The molecule has 1 atom stereocenters. The van der Waals surface area contributed by atoms with Gasteiger partial charge in [-0.15, -0.1) is 0 Å². The lowest BCUT2D eigenvalue weighted by Crippen LogP contribution is -2.57. The van der Waals surface area contributed by atoms with Gasteiger partial charge >= 0.3 is 12.1 Å². The summed E-state index contributed by atoms with van der Waals surface area (Å²) in [5.74, 6) is -2.14. The zero-order valence-corrected chi connectivity index (χ0v) is 15.7. The van der Waals surface area contributed by atoms with Crippen LogP contribution in [0.15, 0.2) is 0 Å². The van der Waals surface area contributed by atoms with Gasteiger partial charge in [0, 0.05) is 13.0 Å². The molecule has 0 spiro atoms. The zero-order valence-electron chi connectivity index (χ0n) is 15.7.